The van der Waals surface area contributed by atoms with Crippen molar-refractivity contribution in [3.63, 3.8) is 0 Å². The quantitative estimate of drug-likeness (QED) is 0.366. The van der Waals surface area contributed by atoms with Gasteiger partial charge < -0.3 is 9.64 Å². The van der Waals surface area contributed by atoms with Gasteiger partial charge in [0.05, 0.1) is 18.5 Å². The van der Waals surface area contributed by atoms with Gasteiger partial charge in [0.15, 0.2) is 0 Å². The van der Waals surface area contributed by atoms with Crippen LogP contribution in [0.25, 0.3) is 0 Å². The second kappa shape index (κ2) is 9.40. The average molecular weight is 431 g/mol. The Kier molecular flexibility index (Phi) is 6.42. The minimum absolute atomic E-state index is 0.0317. The summed E-state index contributed by atoms with van der Waals surface area (Å²) in [7, 11) is 3.52. The minimum atomic E-state index is 0.0317. The molecule has 0 unspecified atom stereocenters. The number of fused-ring (bicyclic) bond motifs is 2. The molecule has 0 saturated carbocycles. The van der Waals surface area contributed by atoms with Crippen LogP contribution in [-0.2, 0) is 0 Å². The zero-order valence-corrected chi connectivity index (χ0v) is 18.9. The van der Waals surface area contributed by atoms with Crippen molar-refractivity contribution in [2.45, 2.75) is 29.6 Å². The predicted octanol–water partition coefficient (Wildman–Crippen LogP) is 6.20. The first-order chi connectivity index (χ1) is 15.1. The maximum atomic E-state index is 12.9. The molecule has 0 radical (unpaired) electrons. The molecule has 1 heterocycles. The van der Waals surface area contributed by atoms with Crippen LogP contribution in [0.2, 0.25) is 0 Å². The molecule has 158 valence electrons. The van der Waals surface area contributed by atoms with Crippen molar-refractivity contribution in [3.05, 3.63) is 83.4 Å². The second-order valence-corrected chi connectivity index (χ2v) is 8.63. The van der Waals surface area contributed by atoms with E-state index in [-0.39, 0.29) is 5.91 Å². The second-order valence-electron chi connectivity index (χ2n) is 7.55. The summed E-state index contributed by atoms with van der Waals surface area (Å²) in [6, 6.07) is 22.1. The van der Waals surface area contributed by atoms with E-state index in [4.69, 9.17) is 9.73 Å². The highest BCUT2D eigenvalue weighted by Gasteiger charge is 2.20. The monoisotopic (exact) mass is 430 g/mol. The van der Waals surface area contributed by atoms with Crippen molar-refractivity contribution in [3.8, 4) is 5.75 Å². The number of rotatable bonds is 6. The molecule has 0 aliphatic carbocycles. The molecule has 31 heavy (non-hydrogen) atoms. The minimum Gasteiger partial charge on any atom is -0.497 e. The van der Waals surface area contributed by atoms with Gasteiger partial charge in [-0.25, -0.2) is 4.99 Å². The van der Waals surface area contributed by atoms with Crippen molar-refractivity contribution >= 4 is 29.1 Å². The third-order valence-electron chi connectivity index (χ3n) is 5.36. The molecule has 4 rings (SSSR count). The van der Waals surface area contributed by atoms with E-state index < -0.39 is 0 Å². The van der Waals surface area contributed by atoms with Crippen molar-refractivity contribution in [2.75, 3.05) is 20.7 Å². The molecule has 0 N–H and O–H groups in total. The van der Waals surface area contributed by atoms with Crippen molar-refractivity contribution in [1.82, 2.24) is 4.90 Å². The van der Waals surface area contributed by atoms with E-state index in [0.717, 1.165) is 57.5 Å². The number of benzene rings is 3. The summed E-state index contributed by atoms with van der Waals surface area (Å²) in [5.74, 6) is 0.841. The maximum Gasteiger partial charge on any atom is 0.253 e. The van der Waals surface area contributed by atoms with Gasteiger partial charge in [-0.2, -0.15) is 0 Å². The molecule has 1 amide bonds. The van der Waals surface area contributed by atoms with Gasteiger partial charge in [0.1, 0.15) is 5.75 Å². The molecular formula is C26H26N2O2S. The van der Waals surface area contributed by atoms with Crippen LogP contribution in [0.15, 0.2) is 81.5 Å². The fraction of sp³-hybridized carbons (Fsp3) is 0.231. The van der Waals surface area contributed by atoms with E-state index in [0.29, 0.717) is 5.56 Å². The van der Waals surface area contributed by atoms with Gasteiger partial charge in [-0.05, 0) is 55.0 Å². The van der Waals surface area contributed by atoms with Gasteiger partial charge in [0.25, 0.3) is 5.91 Å². The molecule has 3 aromatic rings. The van der Waals surface area contributed by atoms with Crippen LogP contribution < -0.4 is 4.74 Å². The molecule has 1 aliphatic rings. The smallest absolute Gasteiger partial charge is 0.253 e. The lowest BCUT2D eigenvalue weighted by Crippen LogP contribution is -2.27. The highest BCUT2D eigenvalue weighted by atomic mass is 32.2. The van der Waals surface area contributed by atoms with E-state index >= 15 is 0 Å². The Hall–Kier alpha value is -3.05. The van der Waals surface area contributed by atoms with Crippen molar-refractivity contribution in [1.29, 1.82) is 0 Å². The van der Waals surface area contributed by atoms with Crippen LogP contribution in [0.4, 0.5) is 5.69 Å². The summed E-state index contributed by atoms with van der Waals surface area (Å²) in [5.41, 5.74) is 4.48. The predicted molar refractivity (Wildman–Crippen MR) is 127 cm³/mol. The van der Waals surface area contributed by atoms with Gasteiger partial charge in [-0.3, -0.25) is 4.79 Å². The number of unbranched alkanes of at least 4 members (excludes halogenated alkanes) is 1. The van der Waals surface area contributed by atoms with Gasteiger partial charge in [0.2, 0.25) is 0 Å². The molecule has 0 bridgehead atoms. The summed E-state index contributed by atoms with van der Waals surface area (Å²) < 4.78 is 5.31. The molecule has 1 aliphatic heterocycles. The third-order valence-corrected chi connectivity index (χ3v) is 6.50. The molecule has 0 fully saturated rings. The number of amides is 1. The molecule has 4 nitrogen and oxygen atoms in total. The Morgan fingerprint density at radius 1 is 1.03 bits per heavy atom. The zero-order chi connectivity index (χ0) is 21.8. The standard InChI is InChI=1S/C26H26N2O2S/c1-4-5-16-28(2)26(29)19-12-15-24-22(17-19)27-25(18-10-13-20(30-3)14-11-18)21-8-6-7-9-23(21)31-24/h6-15,17H,4-5,16H2,1-3H3. The molecule has 0 spiro atoms. The van der Waals surface area contributed by atoms with E-state index in [1.54, 1.807) is 23.8 Å². The molecule has 5 heteroatoms. The van der Waals surface area contributed by atoms with Crippen LogP contribution in [-0.4, -0.2) is 37.2 Å². The lowest BCUT2D eigenvalue weighted by atomic mass is 10.0. The van der Waals surface area contributed by atoms with Crippen molar-refractivity contribution < 1.29 is 9.53 Å². The van der Waals surface area contributed by atoms with Gasteiger partial charge in [0, 0.05) is 40.1 Å². The SMILES string of the molecule is CCCCN(C)C(=O)c1ccc2c(c1)N=C(c1ccc(OC)cc1)c1ccccc1S2. The number of aliphatic imine (C=N–C) groups is 1. The maximum absolute atomic E-state index is 12.9. The van der Waals surface area contributed by atoms with Crippen LogP contribution in [0.5, 0.6) is 5.75 Å². The first kappa shape index (κ1) is 21.2. The summed E-state index contributed by atoms with van der Waals surface area (Å²) >= 11 is 1.69. The first-order valence-electron chi connectivity index (χ1n) is 10.5. The van der Waals surface area contributed by atoms with Gasteiger partial charge in [-0.1, -0.05) is 43.3 Å². The fourth-order valence-corrected chi connectivity index (χ4v) is 4.56. The number of nitrogens with zero attached hydrogens (tertiary/aromatic N) is 2. The number of hydrogen-bond donors (Lipinski definition) is 0. The third kappa shape index (κ3) is 4.52. The summed E-state index contributed by atoms with van der Waals surface area (Å²) in [6.45, 7) is 2.89. The largest absolute Gasteiger partial charge is 0.497 e. The fourth-order valence-electron chi connectivity index (χ4n) is 3.56. The van der Waals surface area contributed by atoms with Gasteiger partial charge >= 0.3 is 0 Å². The van der Waals surface area contributed by atoms with Crippen molar-refractivity contribution in [2.24, 2.45) is 4.99 Å². The summed E-state index contributed by atoms with van der Waals surface area (Å²) in [6.07, 6.45) is 2.06. The van der Waals surface area contributed by atoms with E-state index in [1.807, 2.05) is 61.6 Å². The number of hydrogen-bond acceptors (Lipinski definition) is 4. The normalized spacial score (nSPS) is 12.3. The van der Waals surface area contributed by atoms with Crippen LogP contribution in [0.3, 0.4) is 0 Å². The van der Waals surface area contributed by atoms with Crippen LogP contribution in [0, 0.1) is 0 Å². The molecule has 3 aromatic carbocycles. The highest BCUT2D eigenvalue weighted by molar-refractivity contribution is 7.99. The number of carbonyl (C=O) groups excluding carboxylic acids is 1. The Bertz CT molecular complexity index is 1120. The van der Waals surface area contributed by atoms with E-state index in [2.05, 4.69) is 19.1 Å². The highest BCUT2D eigenvalue weighted by Crippen LogP contribution is 2.41. The number of ether oxygens (including phenoxy) is 1. The summed E-state index contributed by atoms with van der Waals surface area (Å²) in [5, 5.41) is 0. The molecule has 0 aromatic heterocycles. The Morgan fingerprint density at radius 3 is 2.55 bits per heavy atom. The number of carbonyl (C=O) groups is 1. The number of methoxy groups -OCH3 is 1. The summed E-state index contributed by atoms with van der Waals surface area (Å²) in [4.78, 5) is 22.0. The van der Waals surface area contributed by atoms with E-state index in [9.17, 15) is 4.79 Å². The Morgan fingerprint density at radius 2 is 1.81 bits per heavy atom. The average Bonchev–Trinajstić information content (AvgIpc) is 2.98. The topological polar surface area (TPSA) is 41.9 Å². The van der Waals surface area contributed by atoms with Crippen LogP contribution in [0.1, 0.15) is 41.3 Å². The Labute approximate surface area is 188 Å². The zero-order valence-electron chi connectivity index (χ0n) is 18.1. The van der Waals surface area contributed by atoms with Crippen LogP contribution >= 0.6 is 11.8 Å². The lowest BCUT2D eigenvalue weighted by molar-refractivity contribution is 0.0793. The molecular weight excluding hydrogens is 404 g/mol. The Balaban J connectivity index is 1.78. The van der Waals surface area contributed by atoms with Gasteiger partial charge in [-0.15, -0.1) is 0 Å². The first-order valence-corrected chi connectivity index (χ1v) is 11.3. The van der Waals surface area contributed by atoms with E-state index in [1.165, 1.54) is 0 Å². The molecule has 0 atom stereocenters. The molecule has 0 saturated heterocycles. The lowest BCUT2D eigenvalue weighted by Gasteiger charge is -2.17.